The summed E-state index contributed by atoms with van der Waals surface area (Å²) in [4.78, 5) is 11.4. The molecule has 2 N–H and O–H groups in total. The van der Waals surface area contributed by atoms with Gasteiger partial charge in [-0.3, -0.25) is 4.79 Å². The van der Waals surface area contributed by atoms with Gasteiger partial charge in [0.1, 0.15) is 0 Å². The Morgan fingerprint density at radius 2 is 1.87 bits per heavy atom. The first kappa shape index (κ1) is 11.7. The number of carbonyl (C=O) groups excluding carboxylic acids is 1. The van der Waals surface area contributed by atoms with E-state index in [0.717, 1.165) is 11.3 Å². The van der Waals surface area contributed by atoms with Crippen molar-refractivity contribution in [2.45, 2.75) is 26.2 Å². The molecule has 1 aliphatic rings. The molecular formula is C12H17NO2. The first-order valence-electron chi connectivity index (χ1n) is 5.05. The van der Waals surface area contributed by atoms with E-state index in [9.17, 15) is 4.79 Å². The van der Waals surface area contributed by atoms with Crippen molar-refractivity contribution in [2.24, 2.45) is 0 Å². The molecule has 0 radical (unpaired) electrons. The molecule has 0 atom stereocenters. The van der Waals surface area contributed by atoms with Crippen LogP contribution >= 0.6 is 0 Å². The van der Waals surface area contributed by atoms with Crippen LogP contribution in [0.4, 0.5) is 5.69 Å². The van der Waals surface area contributed by atoms with Crippen LogP contribution in [0.25, 0.3) is 0 Å². The lowest BCUT2D eigenvalue weighted by molar-refractivity contribution is -0.119. The average molecular weight is 207 g/mol. The number of para-hydroxylation sites is 1. The van der Waals surface area contributed by atoms with E-state index in [-0.39, 0.29) is 17.9 Å². The van der Waals surface area contributed by atoms with Gasteiger partial charge in [0.05, 0.1) is 5.41 Å². The molecule has 1 aromatic carbocycles. The van der Waals surface area contributed by atoms with Crippen molar-refractivity contribution >= 4 is 11.6 Å². The Morgan fingerprint density at radius 3 is 2.40 bits per heavy atom. The summed E-state index contributed by atoms with van der Waals surface area (Å²) in [6.07, 6.45) is 0. The summed E-state index contributed by atoms with van der Waals surface area (Å²) in [5, 5.41) is 10.4. The average Bonchev–Trinajstić information content (AvgIpc) is 2.40. The molecule has 0 aromatic heterocycles. The number of rotatable bonds is 0. The number of benzene rings is 1. The van der Waals surface area contributed by atoms with Gasteiger partial charge in [-0.15, -0.1) is 0 Å². The van der Waals surface area contributed by atoms with Crippen molar-refractivity contribution in [3.05, 3.63) is 29.8 Å². The van der Waals surface area contributed by atoms with Crippen LogP contribution in [0.3, 0.4) is 0 Å². The zero-order valence-corrected chi connectivity index (χ0v) is 9.37. The Labute approximate surface area is 90.1 Å². The fraction of sp³-hybridized carbons (Fsp3) is 0.417. The van der Waals surface area contributed by atoms with E-state index < -0.39 is 0 Å². The molecule has 3 heteroatoms. The number of nitrogens with one attached hydrogen (secondary N) is 1. The van der Waals surface area contributed by atoms with Gasteiger partial charge in [0, 0.05) is 12.3 Å². The lowest BCUT2D eigenvalue weighted by Crippen LogP contribution is -2.26. The molecule has 0 saturated carbocycles. The lowest BCUT2D eigenvalue weighted by atomic mass is 9.86. The van der Waals surface area contributed by atoms with E-state index in [1.807, 2.05) is 38.1 Å². The molecule has 0 fully saturated rings. The second kappa shape index (κ2) is 4.45. The molecule has 2 rings (SSSR count). The van der Waals surface area contributed by atoms with Gasteiger partial charge in [-0.05, 0) is 32.4 Å². The van der Waals surface area contributed by atoms with Crippen molar-refractivity contribution in [3.8, 4) is 0 Å². The molecule has 0 spiro atoms. The van der Waals surface area contributed by atoms with Crippen LogP contribution in [0.5, 0.6) is 0 Å². The molecule has 15 heavy (non-hydrogen) atoms. The summed E-state index contributed by atoms with van der Waals surface area (Å²) in [6, 6.07) is 7.82. The van der Waals surface area contributed by atoms with Crippen molar-refractivity contribution in [1.82, 2.24) is 0 Å². The minimum Gasteiger partial charge on any atom is -0.397 e. The smallest absolute Gasteiger partial charge is 0.234 e. The van der Waals surface area contributed by atoms with E-state index in [1.165, 1.54) is 0 Å². The zero-order chi connectivity index (χ0) is 11.5. The monoisotopic (exact) mass is 207 g/mol. The molecule has 1 aliphatic heterocycles. The van der Waals surface area contributed by atoms with Crippen LogP contribution in [0.1, 0.15) is 26.3 Å². The summed E-state index contributed by atoms with van der Waals surface area (Å²) in [6.45, 7) is 5.81. The Morgan fingerprint density at radius 1 is 1.33 bits per heavy atom. The summed E-state index contributed by atoms with van der Waals surface area (Å²) in [7, 11) is 0. The van der Waals surface area contributed by atoms with E-state index in [2.05, 4.69) is 5.32 Å². The summed E-state index contributed by atoms with van der Waals surface area (Å²) in [5.74, 6) is 0.0868. The predicted octanol–water partition coefficient (Wildman–Crippen LogP) is 1.91. The second-order valence-electron chi connectivity index (χ2n) is 3.94. The van der Waals surface area contributed by atoms with Crippen LogP contribution in [0.15, 0.2) is 24.3 Å². The molecule has 0 unspecified atom stereocenters. The molecule has 0 aliphatic carbocycles. The Kier molecular flexibility index (Phi) is 3.48. The maximum Gasteiger partial charge on any atom is 0.234 e. The van der Waals surface area contributed by atoms with Crippen LogP contribution < -0.4 is 5.32 Å². The number of fused-ring (bicyclic) bond motifs is 1. The number of anilines is 1. The van der Waals surface area contributed by atoms with Gasteiger partial charge in [-0.1, -0.05) is 18.2 Å². The standard InChI is InChI=1S/C10H11NO.C2H6O/c1-10(2)7-5-3-4-6-8(7)11-9(10)12;1-2-3/h3-6H,1-2H3,(H,11,12);3H,2H2,1H3. The maximum absolute atomic E-state index is 11.4. The largest absolute Gasteiger partial charge is 0.397 e. The molecule has 0 bridgehead atoms. The highest BCUT2D eigenvalue weighted by Crippen LogP contribution is 2.36. The van der Waals surface area contributed by atoms with Gasteiger partial charge in [0.2, 0.25) is 5.91 Å². The summed E-state index contributed by atoms with van der Waals surface area (Å²) >= 11 is 0. The fourth-order valence-electron chi connectivity index (χ4n) is 1.54. The summed E-state index contributed by atoms with van der Waals surface area (Å²) in [5.41, 5.74) is 1.68. The first-order valence-corrected chi connectivity index (χ1v) is 5.05. The number of amides is 1. The van der Waals surface area contributed by atoms with E-state index in [0.29, 0.717) is 0 Å². The molecule has 0 saturated heterocycles. The van der Waals surface area contributed by atoms with Crippen LogP contribution in [-0.4, -0.2) is 17.6 Å². The van der Waals surface area contributed by atoms with Gasteiger partial charge >= 0.3 is 0 Å². The number of aliphatic hydroxyl groups is 1. The molecular weight excluding hydrogens is 190 g/mol. The summed E-state index contributed by atoms with van der Waals surface area (Å²) < 4.78 is 0. The molecule has 82 valence electrons. The Hall–Kier alpha value is -1.35. The third kappa shape index (κ3) is 2.18. The topological polar surface area (TPSA) is 49.3 Å². The molecule has 3 nitrogen and oxygen atoms in total. The van der Waals surface area contributed by atoms with Crippen molar-refractivity contribution < 1.29 is 9.90 Å². The Balaban J connectivity index is 0.000000337. The second-order valence-corrected chi connectivity index (χ2v) is 3.94. The highest BCUT2D eigenvalue weighted by molar-refractivity contribution is 6.05. The van der Waals surface area contributed by atoms with Crippen LogP contribution in [0, 0.1) is 0 Å². The highest BCUT2D eigenvalue weighted by atomic mass is 16.2. The first-order chi connectivity index (χ1) is 7.04. The fourth-order valence-corrected chi connectivity index (χ4v) is 1.54. The van der Waals surface area contributed by atoms with Gasteiger partial charge in [-0.25, -0.2) is 0 Å². The van der Waals surface area contributed by atoms with Crippen molar-refractivity contribution in [2.75, 3.05) is 11.9 Å². The Bertz CT molecular complexity index is 358. The lowest BCUT2D eigenvalue weighted by Gasteiger charge is -2.14. The van der Waals surface area contributed by atoms with Gasteiger partial charge in [-0.2, -0.15) is 0 Å². The minimum absolute atomic E-state index is 0.0868. The number of hydrogen-bond donors (Lipinski definition) is 2. The third-order valence-corrected chi connectivity index (χ3v) is 2.42. The molecule has 1 heterocycles. The SMILES string of the molecule is CC1(C)C(=O)Nc2ccccc21.CCO. The van der Waals surface area contributed by atoms with Crippen LogP contribution in [-0.2, 0) is 10.2 Å². The van der Waals surface area contributed by atoms with E-state index in [4.69, 9.17) is 5.11 Å². The minimum atomic E-state index is -0.364. The quantitative estimate of drug-likeness (QED) is 0.682. The maximum atomic E-state index is 11.4. The van der Waals surface area contributed by atoms with Gasteiger partial charge < -0.3 is 10.4 Å². The number of carbonyl (C=O) groups is 1. The van der Waals surface area contributed by atoms with Crippen molar-refractivity contribution in [1.29, 1.82) is 0 Å². The van der Waals surface area contributed by atoms with Gasteiger partial charge in [0.25, 0.3) is 0 Å². The van der Waals surface area contributed by atoms with Gasteiger partial charge in [0.15, 0.2) is 0 Å². The number of hydrogen-bond acceptors (Lipinski definition) is 2. The third-order valence-electron chi connectivity index (χ3n) is 2.42. The zero-order valence-electron chi connectivity index (χ0n) is 9.37. The molecule has 1 amide bonds. The number of aliphatic hydroxyl groups excluding tert-OH is 1. The van der Waals surface area contributed by atoms with Crippen molar-refractivity contribution in [3.63, 3.8) is 0 Å². The van der Waals surface area contributed by atoms with Crippen LogP contribution in [0.2, 0.25) is 0 Å². The van der Waals surface area contributed by atoms with E-state index >= 15 is 0 Å². The van der Waals surface area contributed by atoms with E-state index in [1.54, 1.807) is 6.92 Å². The normalized spacial score (nSPS) is 16.1. The highest BCUT2D eigenvalue weighted by Gasteiger charge is 2.37. The molecule has 1 aromatic rings. The predicted molar refractivity (Wildman–Crippen MR) is 60.9 cm³/mol.